The number of unbranched alkanes of at least 4 members (excludes halogenated alkanes) is 1. The van der Waals surface area contributed by atoms with E-state index >= 15 is 0 Å². The summed E-state index contributed by atoms with van der Waals surface area (Å²) in [6.07, 6.45) is 9.33. The Balaban J connectivity index is 1.87. The summed E-state index contributed by atoms with van der Waals surface area (Å²) in [6.45, 7) is 15.3. The summed E-state index contributed by atoms with van der Waals surface area (Å²) in [7, 11) is 0. The Morgan fingerprint density at radius 2 is 1.67 bits per heavy atom. The summed E-state index contributed by atoms with van der Waals surface area (Å²) in [4.78, 5) is 90.4. The molecular weight excluding hydrogens is 614 g/mol. The number of aromatic nitrogens is 2. The van der Waals surface area contributed by atoms with Gasteiger partial charge in [-0.15, -0.1) is 0 Å². The number of amides is 5. The van der Waals surface area contributed by atoms with Crippen molar-refractivity contribution >= 4 is 35.3 Å². The zero-order valence-electron chi connectivity index (χ0n) is 29.8. The molecule has 0 bridgehead atoms. The molecule has 13 nitrogen and oxygen atoms in total. The third-order valence-electron chi connectivity index (χ3n) is 9.27. The fraction of sp³-hybridized carbons (Fsp3) is 0.714. The van der Waals surface area contributed by atoms with Crippen molar-refractivity contribution in [1.29, 1.82) is 0 Å². The molecular formula is C35H55N7O6. The van der Waals surface area contributed by atoms with E-state index in [2.05, 4.69) is 38.2 Å². The molecule has 5 amide bonds. The van der Waals surface area contributed by atoms with Gasteiger partial charge in [-0.2, -0.15) is 0 Å². The molecule has 0 spiro atoms. The van der Waals surface area contributed by atoms with Gasteiger partial charge in [0.1, 0.15) is 23.8 Å². The molecule has 3 rings (SSSR count). The summed E-state index contributed by atoms with van der Waals surface area (Å²) in [5.41, 5.74) is -0.710. The molecule has 2 aliphatic rings. The highest BCUT2D eigenvalue weighted by Gasteiger charge is 2.49. The van der Waals surface area contributed by atoms with Gasteiger partial charge in [0.25, 0.3) is 11.8 Å². The third kappa shape index (κ3) is 10.1. The average Bonchev–Trinajstić information content (AvgIpc) is 3.79. The minimum absolute atomic E-state index is 0.00175. The van der Waals surface area contributed by atoms with E-state index in [1.54, 1.807) is 13.8 Å². The minimum Gasteiger partial charge on any atom is -0.347 e. The molecule has 48 heavy (non-hydrogen) atoms. The molecule has 266 valence electrons. The van der Waals surface area contributed by atoms with Crippen molar-refractivity contribution in [3.05, 3.63) is 24.3 Å². The molecule has 1 aromatic rings. The number of ketones is 1. The van der Waals surface area contributed by atoms with E-state index in [4.69, 9.17) is 0 Å². The van der Waals surface area contributed by atoms with Crippen LogP contribution in [0.2, 0.25) is 0 Å². The van der Waals surface area contributed by atoms with Crippen molar-refractivity contribution in [2.45, 2.75) is 131 Å². The Kier molecular flexibility index (Phi) is 13.6. The Morgan fingerprint density at radius 1 is 0.979 bits per heavy atom. The van der Waals surface area contributed by atoms with Crippen molar-refractivity contribution in [3.63, 3.8) is 0 Å². The number of carbonyl (C=O) groups is 6. The standard InChI is InChI=1S/C35H55N7O6/c1-9-11-13-22-19-42(27(21(22)5)32(46)39-24(12-10-2)28(43)33(47)38-23-14-15-23)34(48)29(35(6,7)8)41-31(45)26(20(3)4)40-30(44)25-18-36-16-17-37-25/h16-18,20-24,26-27,29H,9-15,19H2,1-8H3,(H,38,47)(H,39,46)(H,40,44)(H,41,45)/t21?,22-,24?,26?,27?,29+/m0/s1. The zero-order valence-corrected chi connectivity index (χ0v) is 29.8. The van der Waals surface area contributed by atoms with E-state index in [-0.39, 0.29) is 35.9 Å². The number of Topliss-reactive ketones (excluding diaryl/α,β-unsaturated/α-hetero) is 1. The van der Waals surface area contributed by atoms with Gasteiger partial charge in [-0.25, -0.2) is 4.98 Å². The van der Waals surface area contributed by atoms with Gasteiger partial charge in [-0.3, -0.25) is 33.8 Å². The van der Waals surface area contributed by atoms with Crippen LogP contribution in [0, 0.1) is 23.2 Å². The molecule has 2 heterocycles. The lowest BCUT2D eigenvalue weighted by atomic mass is 9.85. The second kappa shape index (κ2) is 17.0. The van der Waals surface area contributed by atoms with Crippen LogP contribution in [0.25, 0.3) is 0 Å². The molecule has 0 radical (unpaired) electrons. The van der Waals surface area contributed by atoms with E-state index < -0.39 is 64.9 Å². The van der Waals surface area contributed by atoms with Crippen molar-refractivity contribution in [2.24, 2.45) is 23.2 Å². The first-order chi connectivity index (χ1) is 22.6. The molecule has 1 saturated heterocycles. The quantitative estimate of drug-likeness (QED) is 0.194. The van der Waals surface area contributed by atoms with Gasteiger partial charge < -0.3 is 26.2 Å². The zero-order chi connectivity index (χ0) is 35.8. The van der Waals surface area contributed by atoms with Crippen LogP contribution >= 0.6 is 0 Å². The lowest BCUT2D eigenvalue weighted by Crippen LogP contribution is -2.62. The smallest absolute Gasteiger partial charge is 0.289 e. The third-order valence-corrected chi connectivity index (χ3v) is 9.27. The number of hydrogen-bond donors (Lipinski definition) is 4. The maximum absolute atomic E-state index is 14.5. The Bertz CT molecular complexity index is 1310. The van der Waals surface area contributed by atoms with Crippen LogP contribution in [0.5, 0.6) is 0 Å². The number of rotatable bonds is 16. The highest BCUT2D eigenvalue weighted by atomic mass is 16.2. The average molecular weight is 670 g/mol. The van der Waals surface area contributed by atoms with Crippen LogP contribution in [-0.4, -0.2) is 86.9 Å². The van der Waals surface area contributed by atoms with Crippen LogP contribution < -0.4 is 21.3 Å². The molecule has 1 aliphatic heterocycles. The van der Waals surface area contributed by atoms with Gasteiger partial charge in [-0.1, -0.05) is 74.7 Å². The van der Waals surface area contributed by atoms with Crippen LogP contribution in [0.15, 0.2) is 18.6 Å². The molecule has 6 atom stereocenters. The number of nitrogens with one attached hydrogen (secondary N) is 4. The Morgan fingerprint density at radius 3 is 2.21 bits per heavy atom. The number of hydrogen-bond acceptors (Lipinski definition) is 8. The Labute approximate surface area is 284 Å². The van der Waals surface area contributed by atoms with Crippen molar-refractivity contribution < 1.29 is 28.8 Å². The summed E-state index contributed by atoms with van der Waals surface area (Å²) < 4.78 is 0. The molecule has 13 heteroatoms. The monoisotopic (exact) mass is 669 g/mol. The predicted octanol–water partition coefficient (Wildman–Crippen LogP) is 2.55. The van der Waals surface area contributed by atoms with Gasteiger partial charge >= 0.3 is 0 Å². The Hall–Kier alpha value is -3.90. The lowest BCUT2D eigenvalue weighted by Gasteiger charge is -2.37. The lowest BCUT2D eigenvalue weighted by molar-refractivity contribution is -0.146. The number of carbonyl (C=O) groups excluding carboxylic acids is 6. The van der Waals surface area contributed by atoms with Crippen molar-refractivity contribution in [1.82, 2.24) is 36.1 Å². The summed E-state index contributed by atoms with van der Waals surface area (Å²) in [5, 5.41) is 11.2. The van der Waals surface area contributed by atoms with Gasteiger partial charge in [-0.05, 0) is 48.9 Å². The van der Waals surface area contributed by atoms with Gasteiger partial charge in [0, 0.05) is 25.0 Å². The summed E-state index contributed by atoms with van der Waals surface area (Å²) in [5.74, 6) is -3.94. The maximum atomic E-state index is 14.5. The van der Waals surface area contributed by atoms with E-state index in [9.17, 15) is 28.8 Å². The SMILES string of the molecule is CCCC[C@H]1CN(C(=O)[C@@H](NC(=O)C(NC(=O)c2cnccn2)C(C)C)C(C)(C)C)C(C(=O)NC(CCC)C(=O)C(=O)NC2CC2)C1C. The maximum Gasteiger partial charge on any atom is 0.289 e. The van der Waals surface area contributed by atoms with Crippen LogP contribution in [0.4, 0.5) is 0 Å². The highest BCUT2D eigenvalue weighted by molar-refractivity contribution is 6.38. The molecule has 1 aromatic heterocycles. The van der Waals surface area contributed by atoms with Gasteiger partial charge in [0.2, 0.25) is 23.5 Å². The predicted molar refractivity (Wildman–Crippen MR) is 180 cm³/mol. The second-order valence-corrected chi connectivity index (χ2v) is 14.8. The van der Waals surface area contributed by atoms with Gasteiger partial charge in [0.05, 0.1) is 12.2 Å². The van der Waals surface area contributed by atoms with E-state index in [1.165, 1.54) is 23.5 Å². The molecule has 4 N–H and O–H groups in total. The number of nitrogens with zero attached hydrogens (tertiary/aromatic N) is 3. The topological polar surface area (TPSA) is 180 Å². The molecule has 4 unspecified atom stereocenters. The van der Waals surface area contributed by atoms with Crippen molar-refractivity contribution in [2.75, 3.05) is 6.54 Å². The first kappa shape index (κ1) is 38.5. The largest absolute Gasteiger partial charge is 0.347 e. The van der Waals surface area contributed by atoms with E-state index in [0.717, 1.165) is 32.1 Å². The second-order valence-electron chi connectivity index (χ2n) is 14.8. The fourth-order valence-corrected chi connectivity index (χ4v) is 6.17. The summed E-state index contributed by atoms with van der Waals surface area (Å²) >= 11 is 0. The van der Waals surface area contributed by atoms with Gasteiger partial charge in [0.15, 0.2) is 0 Å². The first-order valence-corrected chi connectivity index (χ1v) is 17.4. The van der Waals surface area contributed by atoms with Crippen LogP contribution in [0.1, 0.15) is 111 Å². The molecule has 2 fully saturated rings. The molecule has 1 saturated carbocycles. The molecule has 1 aliphatic carbocycles. The van der Waals surface area contributed by atoms with Crippen molar-refractivity contribution in [3.8, 4) is 0 Å². The van der Waals surface area contributed by atoms with Crippen LogP contribution in [0.3, 0.4) is 0 Å². The summed E-state index contributed by atoms with van der Waals surface area (Å²) in [6, 6.07) is -3.93. The normalized spacial score (nSPS) is 21.2. The number of likely N-dealkylation sites (tertiary alicyclic amines) is 1. The van der Waals surface area contributed by atoms with Crippen LogP contribution in [-0.2, 0) is 24.0 Å². The highest BCUT2D eigenvalue weighted by Crippen LogP contribution is 2.35. The minimum atomic E-state index is -1.04. The van der Waals surface area contributed by atoms with E-state index in [0.29, 0.717) is 13.0 Å². The molecule has 0 aromatic carbocycles. The van der Waals surface area contributed by atoms with E-state index in [1.807, 2.05) is 34.6 Å². The fourth-order valence-electron chi connectivity index (χ4n) is 6.17. The first-order valence-electron chi connectivity index (χ1n) is 17.4.